The predicted molar refractivity (Wildman–Crippen MR) is 129 cm³/mol. The van der Waals surface area contributed by atoms with Crippen LogP contribution in [0.4, 0.5) is 22.7 Å². The number of hydrogen-bond acceptors (Lipinski definition) is 12. The van der Waals surface area contributed by atoms with Gasteiger partial charge in [-0.1, -0.05) is 29.5 Å². The van der Waals surface area contributed by atoms with Gasteiger partial charge in [0.2, 0.25) is 11.8 Å². The lowest BCUT2D eigenvalue weighted by Gasteiger charge is -2.28. The molecule has 3 N–H and O–H groups in total. The van der Waals surface area contributed by atoms with Crippen molar-refractivity contribution in [2.24, 2.45) is 0 Å². The number of aliphatic hydroxyl groups is 1. The predicted octanol–water partition coefficient (Wildman–Crippen LogP) is 3.02. The minimum absolute atomic E-state index is 0.0289. The molecule has 0 aliphatic carbocycles. The number of thiazole rings is 1. The molecule has 176 valence electrons. The molecule has 4 aromatic rings. The van der Waals surface area contributed by atoms with Crippen molar-refractivity contribution < 1.29 is 14.3 Å². The lowest BCUT2D eigenvalue weighted by molar-refractivity contribution is 0.122. The molecule has 4 heterocycles. The number of nitrogens with one attached hydrogen (secondary N) is 2. The zero-order chi connectivity index (χ0) is 23.3. The first-order valence-electron chi connectivity index (χ1n) is 10.9. The van der Waals surface area contributed by atoms with Gasteiger partial charge in [0.05, 0.1) is 26.0 Å². The van der Waals surface area contributed by atoms with E-state index in [0.29, 0.717) is 41.9 Å². The third-order valence-corrected chi connectivity index (χ3v) is 6.00. The molecule has 0 radical (unpaired) electrons. The van der Waals surface area contributed by atoms with Gasteiger partial charge in [-0.05, 0) is 19.1 Å². The van der Waals surface area contributed by atoms with Gasteiger partial charge in [0.25, 0.3) is 5.89 Å². The molecule has 11 nitrogen and oxygen atoms in total. The van der Waals surface area contributed by atoms with Crippen LogP contribution in [0, 0.1) is 0 Å². The molecule has 1 fully saturated rings. The molecule has 0 unspecified atom stereocenters. The highest BCUT2D eigenvalue weighted by atomic mass is 32.1. The molecule has 0 spiro atoms. The van der Waals surface area contributed by atoms with E-state index in [1.54, 1.807) is 6.20 Å². The molecule has 12 heteroatoms. The average molecular weight is 481 g/mol. The Morgan fingerprint density at radius 3 is 2.71 bits per heavy atom. The third-order valence-electron chi connectivity index (χ3n) is 5.09. The standard InChI is InChI=1S/C22H24N8O3S/c1-14(13-31)24-21-25-17(11-18(27-21)30-7-9-32-10-8-30)26-22-23-12-16(34-22)20-29-28-19(33-20)15-5-3-2-4-6-15/h2-6,11-12,14,31H,7-10,13H2,1H3,(H2,23,24,25,26,27)/t14-/m0/s1. The number of ether oxygens (including phenoxy) is 1. The third kappa shape index (κ3) is 5.14. The van der Waals surface area contributed by atoms with Crippen LogP contribution in [-0.4, -0.2) is 69.2 Å². The van der Waals surface area contributed by atoms with Crippen LogP contribution in [-0.2, 0) is 4.74 Å². The number of rotatable bonds is 8. The SMILES string of the molecule is C[C@@H](CO)Nc1nc(Nc2ncc(-c3nnc(-c4ccccc4)o3)s2)cc(N2CCOCC2)n1. The summed E-state index contributed by atoms with van der Waals surface area (Å²) in [7, 11) is 0. The van der Waals surface area contributed by atoms with Gasteiger partial charge in [-0.3, -0.25) is 0 Å². The smallest absolute Gasteiger partial charge is 0.259 e. The fourth-order valence-electron chi connectivity index (χ4n) is 3.34. The number of benzene rings is 1. The maximum atomic E-state index is 9.42. The summed E-state index contributed by atoms with van der Waals surface area (Å²) in [5.41, 5.74) is 0.859. The first kappa shape index (κ1) is 22.2. The molecule has 0 bridgehead atoms. The number of aromatic nitrogens is 5. The van der Waals surface area contributed by atoms with E-state index in [2.05, 4.69) is 40.7 Å². The number of hydrogen-bond donors (Lipinski definition) is 3. The van der Waals surface area contributed by atoms with E-state index in [1.165, 1.54) is 11.3 Å². The highest BCUT2D eigenvalue weighted by molar-refractivity contribution is 7.18. The largest absolute Gasteiger partial charge is 0.415 e. The van der Waals surface area contributed by atoms with Gasteiger partial charge in [-0.2, -0.15) is 9.97 Å². The monoisotopic (exact) mass is 480 g/mol. The summed E-state index contributed by atoms with van der Waals surface area (Å²) in [5.74, 6) is 2.64. The topological polar surface area (TPSA) is 134 Å². The van der Waals surface area contributed by atoms with Crippen LogP contribution in [0.2, 0.25) is 0 Å². The van der Waals surface area contributed by atoms with Gasteiger partial charge in [-0.15, -0.1) is 10.2 Å². The first-order chi connectivity index (χ1) is 16.7. The maximum Gasteiger partial charge on any atom is 0.259 e. The summed E-state index contributed by atoms with van der Waals surface area (Å²) in [6, 6.07) is 11.3. The summed E-state index contributed by atoms with van der Waals surface area (Å²) in [4.78, 5) is 16.5. The van der Waals surface area contributed by atoms with Crippen LogP contribution in [0.1, 0.15) is 6.92 Å². The van der Waals surface area contributed by atoms with Crippen LogP contribution in [0.15, 0.2) is 47.0 Å². The van der Waals surface area contributed by atoms with E-state index >= 15 is 0 Å². The Morgan fingerprint density at radius 1 is 1.12 bits per heavy atom. The Hall–Kier alpha value is -3.61. The van der Waals surface area contributed by atoms with E-state index in [0.717, 1.165) is 29.3 Å². The molecular formula is C22H24N8O3S. The van der Waals surface area contributed by atoms with Crippen molar-refractivity contribution >= 4 is 34.1 Å². The molecule has 1 atom stereocenters. The molecule has 0 amide bonds. The first-order valence-corrected chi connectivity index (χ1v) is 11.7. The maximum absolute atomic E-state index is 9.42. The van der Waals surface area contributed by atoms with Crippen LogP contribution in [0.3, 0.4) is 0 Å². The van der Waals surface area contributed by atoms with Gasteiger partial charge < -0.3 is 29.8 Å². The Kier molecular flexibility index (Phi) is 6.60. The second kappa shape index (κ2) is 10.1. The molecule has 3 aromatic heterocycles. The average Bonchev–Trinajstić information content (AvgIpc) is 3.55. The van der Waals surface area contributed by atoms with Crippen LogP contribution in [0.25, 0.3) is 22.2 Å². The normalized spacial score (nSPS) is 14.7. The van der Waals surface area contributed by atoms with Crippen molar-refractivity contribution in [2.45, 2.75) is 13.0 Å². The Bertz CT molecular complexity index is 1230. The van der Waals surface area contributed by atoms with Gasteiger partial charge in [0.15, 0.2) is 5.13 Å². The summed E-state index contributed by atoms with van der Waals surface area (Å²) in [5, 5.41) is 24.7. The quantitative estimate of drug-likeness (QED) is 0.343. The molecule has 1 aliphatic heterocycles. The summed E-state index contributed by atoms with van der Waals surface area (Å²) < 4.78 is 11.3. The van der Waals surface area contributed by atoms with E-state index < -0.39 is 0 Å². The van der Waals surface area contributed by atoms with Crippen molar-refractivity contribution in [1.29, 1.82) is 0 Å². The summed E-state index contributed by atoms with van der Waals surface area (Å²) >= 11 is 1.38. The van der Waals surface area contributed by atoms with E-state index in [9.17, 15) is 5.11 Å². The lowest BCUT2D eigenvalue weighted by Crippen LogP contribution is -2.37. The molecule has 5 rings (SSSR count). The van der Waals surface area contributed by atoms with E-state index in [-0.39, 0.29) is 12.6 Å². The molecule has 1 saturated heterocycles. The molecule has 34 heavy (non-hydrogen) atoms. The van der Waals surface area contributed by atoms with Gasteiger partial charge >= 0.3 is 0 Å². The zero-order valence-electron chi connectivity index (χ0n) is 18.5. The molecular weight excluding hydrogens is 456 g/mol. The number of anilines is 4. The van der Waals surface area contributed by atoms with Crippen molar-refractivity contribution in [2.75, 3.05) is 48.4 Å². The zero-order valence-corrected chi connectivity index (χ0v) is 19.3. The summed E-state index contributed by atoms with van der Waals surface area (Å²) in [6.07, 6.45) is 1.69. The van der Waals surface area contributed by atoms with Gasteiger partial charge in [0.1, 0.15) is 16.5 Å². The highest BCUT2D eigenvalue weighted by Gasteiger charge is 2.18. The van der Waals surface area contributed by atoms with Crippen molar-refractivity contribution in [3.8, 4) is 22.2 Å². The Balaban J connectivity index is 1.37. The minimum Gasteiger partial charge on any atom is -0.415 e. The lowest BCUT2D eigenvalue weighted by atomic mass is 10.2. The Morgan fingerprint density at radius 2 is 1.91 bits per heavy atom. The van der Waals surface area contributed by atoms with Crippen molar-refractivity contribution in [1.82, 2.24) is 25.1 Å². The molecule has 1 aromatic carbocycles. The number of aliphatic hydroxyl groups excluding tert-OH is 1. The second-order valence-corrected chi connectivity index (χ2v) is 8.73. The second-order valence-electron chi connectivity index (χ2n) is 7.70. The summed E-state index contributed by atoms with van der Waals surface area (Å²) in [6.45, 7) is 4.61. The fraction of sp³-hybridized carbons (Fsp3) is 0.318. The van der Waals surface area contributed by atoms with Crippen LogP contribution >= 0.6 is 11.3 Å². The van der Waals surface area contributed by atoms with Gasteiger partial charge in [-0.25, -0.2) is 4.98 Å². The van der Waals surface area contributed by atoms with Crippen LogP contribution in [0.5, 0.6) is 0 Å². The van der Waals surface area contributed by atoms with E-state index in [4.69, 9.17) is 9.15 Å². The van der Waals surface area contributed by atoms with Crippen molar-refractivity contribution in [3.05, 3.63) is 42.6 Å². The van der Waals surface area contributed by atoms with Crippen LogP contribution < -0.4 is 15.5 Å². The van der Waals surface area contributed by atoms with E-state index in [1.807, 2.05) is 43.3 Å². The highest BCUT2D eigenvalue weighted by Crippen LogP contribution is 2.32. The minimum atomic E-state index is -0.185. The molecule has 0 saturated carbocycles. The number of nitrogens with zero attached hydrogens (tertiary/aromatic N) is 6. The fourth-order valence-corrected chi connectivity index (χ4v) is 4.09. The molecule has 1 aliphatic rings. The Labute approximate surface area is 199 Å². The van der Waals surface area contributed by atoms with Gasteiger partial charge in [0, 0.05) is 30.8 Å². The van der Waals surface area contributed by atoms with Crippen molar-refractivity contribution in [3.63, 3.8) is 0 Å². The number of morpholine rings is 1.